The maximum absolute atomic E-state index is 13.5. The molecule has 1 aliphatic heterocycles. The normalized spacial score (nSPS) is 15.2. The average Bonchev–Trinajstić information content (AvgIpc) is 3.51. The van der Waals surface area contributed by atoms with E-state index in [0.717, 1.165) is 15.8 Å². The van der Waals surface area contributed by atoms with Crippen LogP contribution in [0.4, 0.5) is 18.9 Å². The number of nitrogens with one attached hydrogen (secondary N) is 2. The summed E-state index contributed by atoms with van der Waals surface area (Å²) in [5.74, 6) is -2.35. The Bertz CT molecular complexity index is 1470. The van der Waals surface area contributed by atoms with Crippen LogP contribution in [0.5, 0.6) is 5.88 Å². The van der Waals surface area contributed by atoms with Gasteiger partial charge in [0.2, 0.25) is 11.8 Å². The molecule has 2 aromatic heterocycles. The van der Waals surface area contributed by atoms with Gasteiger partial charge in [-0.25, -0.2) is 14.7 Å². The second-order valence-corrected chi connectivity index (χ2v) is 9.48. The molecule has 1 unspecified atom stereocenters. The Morgan fingerprint density at radius 3 is 2.60 bits per heavy atom. The molecule has 40 heavy (non-hydrogen) atoms. The molecule has 0 bridgehead atoms. The molecule has 1 aliphatic rings. The fourth-order valence-electron chi connectivity index (χ4n) is 3.76. The molecule has 212 valence electrons. The van der Waals surface area contributed by atoms with Gasteiger partial charge in [0.05, 0.1) is 35.5 Å². The van der Waals surface area contributed by atoms with Crippen molar-refractivity contribution in [1.82, 2.24) is 25.1 Å². The van der Waals surface area contributed by atoms with Gasteiger partial charge in [0.15, 0.2) is 12.4 Å². The van der Waals surface area contributed by atoms with E-state index in [1.165, 1.54) is 37.4 Å². The van der Waals surface area contributed by atoms with Gasteiger partial charge >= 0.3 is 6.18 Å². The lowest BCUT2D eigenvalue weighted by molar-refractivity contribution is -0.166. The van der Waals surface area contributed by atoms with Gasteiger partial charge in [0, 0.05) is 24.2 Å². The molecule has 16 heteroatoms. The minimum absolute atomic E-state index is 0.00453. The molecule has 1 saturated heterocycles. The number of halogens is 5. The molecule has 0 aliphatic carbocycles. The SMILES string of the molecule is CC(=O)N1CC(NC(=O)c2cc(Cl)cc(C)c2NC(=O)c2cc(OCC(F)(F)F)nn2-c2ncccc2Cl)CO1. The molecule has 2 N–H and O–H groups in total. The summed E-state index contributed by atoms with van der Waals surface area (Å²) in [5, 5.41) is 10.6. The fraction of sp³-hybridized carbons (Fsp3) is 0.292. The number of anilines is 1. The van der Waals surface area contributed by atoms with Gasteiger partial charge in [-0.15, -0.1) is 5.10 Å². The van der Waals surface area contributed by atoms with Gasteiger partial charge in [-0.1, -0.05) is 23.2 Å². The van der Waals surface area contributed by atoms with Crippen LogP contribution in [-0.2, 0) is 9.63 Å². The number of aromatic nitrogens is 3. The molecule has 1 fully saturated rings. The zero-order valence-electron chi connectivity index (χ0n) is 20.9. The van der Waals surface area contributed by atoms with Gasteiger partial charge in [-0.3, -0.25) is 19.2 Å². The van der Waals surface area contributed by atoms with Crippen molar-refractivity contribution in [3.8, 4) is 11.7 Å². The molecule has 1 atom stereocenters. The number of carbonyl (C=O) groups is 3. The summed E-state index contributed by atoms with van der Waals surface area (Å²) >= 11 is 12.4. The second-order valence-electron chi connectivity index (χ2n) is 8.64. The van der Waals surface area contributed by atoms with Crippen LogP contribution >= 0.6 is 23.2 Å². The fourth-order valence-corrected chi connectivity index (χ4v) is 4.24. The first-order valence-corrected chi connectivity index (χ1v) is 12.3. The Hall–Kier alpha value is -3.88. The number of rotatable bonds is 7. The predicted molar refractivity (Wildman–Crippen MR) is 137 cm³/mol. The summed E-state index contributed by atoms with van der Waals surface area (Å²) in [6.07, 6.45) is -3.30. The second kappa shape index (κ2) is 11.7. The Labute approximate surface area is 235 Å². The minimum atomic E-state index is -4.65. The van der Waals surface area contributed by atoms with E-state index >= 15 is 0 Å². The van der Waals surface area contributed by atoms with E-state index in [1.54, 1.807) is 6.92 Å². The van der Waals surface area contributed by atoms with E-state index in [4.69, 9.17) is 32.8 Å². The van der Waals surface area contributed by atoms with Gasteiger partial charge in [0.25, 0.3) is 11.8 Å². The molecule has 4 rings (SSSR count). The zero-order valence-corrected chi connectivity index (χ0v) is 22.4. The van der Waals surface area contributed by atoms with Crippen molar-refractivity contribution < 1.29 is 37.1 Å². The van der Waals surface area contributed by atoms with E-state index in [0.29, 0.717) is 5.56 Å². The van der Waals surface area contributed by atoms with Crippen molar-refractivity contribution in [1.29, 1.82) is 0 Å². The third-order valence-electron chi connectivity index (χ3n) is 5.53. The molecule has 11 nitrogen and oxygen atoms in total. The molecule has 3 aromatic rings. The highest BCUT2D eigenvalue weighted by atomic mass is 35.5. The highest BCUT2D eigenvalue weighted by molar-refractivity contribution is 6.32. The zero-order chi connectivity index (χ0) is 29.2. The minimum Gasteiger partial charge on any atom is -0.467 e. The van der Waals surface area contributed by atoms with Crippen LogP contribution in [0.15, 0.2) is 36.5 Å². The van der Waals surface area contributed by atoms with Crippen LogP contribution in [0.2, 0.25) is 10.0 Å². The number of amides is 3. The van der Waals surface area contributed by atoms with Gasteiger partial charge < -0.3 is 15.4 Å². The van der Waals surface area contributed by atoms with Crippen LogP contribution in [0.25, 0.3) is 5.82 Å². The Balaban J connectivity index is 1.65. The number of alkyl halides is 3. The number of benzene rings is 1. The third-order valence-corrected chi connectivity index (χ3v) is 6.04. The Kier molecular flexibility index (Phi) is 8.51. The summed E-state index contributed by atoms with van der Waals surface area (Å²) in [6, 6.07) is 6.28. The summed E-state index contributed by atoms with van der Waals surface area (Å²) in [4.78, 5) is 47.5. The summed E-state index contributed by atoms with van der Waals surface area (Å²) < 4.78 is 43.9. The number of nitrogens with zero attached hydrogens (tertiary/aromatic N) is 4. The smallest absolute Gasteiger partial charge is 0.422 e. The van der Waals surface area contributed by atoms with Crippen molar-refractivity contribution >= 4 is 46.6 Å². The summed E-state index contributed by atoms with van der Waals surface area (Å²) in [5.41, 5.74) is 0.205. The molecular formula is C24H21Cl2F3N6O5. The molecule has 0 saturated carbocycles. The number of pyridine rings is 1. The van der Waals surface area contributed by atoms with E-state index in [2.05, 4.69) is 20.7 Å². The number of hydrogen-bond acceptors (Lipinski definition) is 7. The van der Waals surface area contributed by atoms with Crippen LogP contribution in [-0.4, -0.2) is 69.5 Å². The van der Waals surface area contributed by atoms with Crippen LogP contribution in [0.1, 0.15) is 33.3 Å². The molecule has 0 spiro atoms. The summed E-state index contributed by atoms with van der Waals surface area (Å²) in [7, 11) is 0. The average molecular weight is 601 g/mol. The van der Waals surface area contributed by atoms with Crippen molar-refractivity contribution in [2.75, 3.05) is 25.1 Å². The lowest BCUT2D eigenvalue weighted by Crippen LogP contribution is -2.39. The number of aryl methyl sites for hydroxylation is 1. The van der Waals surface area contributed by atoms with Crippen molar-refractivity contribution in [2.24, 2.45) is 0 Å². The lowest BCUT2D eigenvalue weighted by atomic mass is 10.1. The van der Waals surface area contributed by atoms with Crippen molar-refractivity contribution in [2.45, 2.75) is 26.1 Å². The van der Waals surface area contributed by atoms with E-state index in [1.807, 2.05) is 0 Å². The monoisotopic (exact) mass is 600 g/mol. The quantitative estimate of drug-likeness (QED) is 0.420. The maximum Gasteiger partial charge on any atom is 0.422 e. The van der Waals surface area contributed by atoms with Gasteiger partial charge in [-0.05, 0) is 36.8 Å². The first-order chi connectivity index (χ1) is 18.8. The topological polar surface area (TPSA) is 128 Å². The van der Waals surface area contributed by atoms with Gasteiger partial charge in [0.1, 0.15) is 5.69 Å². The maximum atomic E-state index is 13.5. The molecule has 0 radical (unpaired) electrons. The van der Waals surface area contributed by atoms with Crippen LogP contribution < -0.4 is 15.4 Å². The highest BCUT2D eigenvalue weighted by Crippen LogP contribution is 2.29. The number of ether oxygens (including phenoxy) is 1. The molecule has 3 amide bonds. The first-order valence-electron chi connectivity index (χ1n) is 11.6. The molecular weight excluding hydrogens is 580 g/mol. The van der Waals surface area contributed by atoms with E-state index < -0.39 is 36.5 Å². The number of hydroxylamine groups is 2. The van der Waals surface area contributed by atoms with Crippen LogP contribution in [0.3, 0.4) is 0 Å². The lowest BCUT2D eigenvalue weighted by Gasteiger charge is -2.17. The molecule has 1 aromatic carbocycles. The Morgan fingerprint density at radius 1 is 1.20 bits per heavy atom. The predicted octanol–water partition coefficient (Wildman–Crippen LogP) is 3.97. The van der Waals surface area contributed by atoms with Crippen LogP contribution in [0, 0.1) is 6.92 Å². The number of carbonyl (C=O) groups excluding carboxylic acids is 3. The molecule has 3 heterocycles. The van der Waals surface area contributed by atoms with Gasteiger partial charge in [-0.2, -0.15) is 13.2 Å². The van der Waals surface area contributed by atoms with Crippen molar-refractivity contribution in [3.63, 3.8) is 0 Å². The van der Waals surface area contributed by atoms with Crippen molar-refractivity contribution in [3.05, 3.63) is 63.4 Å². The standard InChI is InChI=1S/C24H21Cl2F3N6O5/c1-12-6-14(25)7-16(22(37)31-15-9-34(13(2)36)40-10-15)20(12)32-23(38)18-8-19(39-11-24(27,28)29)33-35(18)21-17(26)4-3-5-30-21/h3-8,15H,9-11H2,1-2H3,(H,31,37)(H,32,38). The Morgan fingerprint density at radius 2 is 1.95 bits per heavy atom. The highest BCUT2D eigenvalue weighted by Gasteiger charge is 2.31. The van der Waals surface area contributed by atoms with E-state index in [-0.39, 0.29) is 51.9 Å². The number of hydrogen-bond donors (Lipinski definition) is 2. The van der Waals surface area contributed by atoms with E-state index in [9.17, 15) is 27.6 Å². The third kappa shape index (κ3) is 6.81. The first kappa shape index (κ1) is 29.1. The largest absolute Gasteiger partial charge is 0.467 e. The summed E-state index contributed by atoms with van der Waals surface area (Å²) in [6.45, 7) is 1.44.